The van der Waals surface area contributed by atoms with Crippen LogP contribution in [0.2, 0.25) is 0 Å². The summed E-state index contributed by atoms with van der Waals surface area (Å²) in [7, 11) is 0. The first-order chi connectivity index (χ1) is 10.1. The zero-order valence-electron chi connectivity index (χ0n) is 11.3. The van der Waals surface area contributed by atoms with Crippen molar-refractivity contribution in [1.29, 1.82) is 0 Å². The van der Waals surface area contributed by atoms with Crippen LogP contribution in [0.25, 0.3) is 0 Å². The van der Waals surface area contributed by atoms with E-state index in [4.69, 9.17) is 5.11 Å². The normalized spacial score (nSPS) is 10.1. The number of benzene rings is 2. The summed E-state index contributed by atoms with van der Waals surface area (Å²) in [4.78, 5) is 24.2. The number of carboxylic acids is 1. The summed E-state index contributed by atoms with van der Waals surface area (Å²) in [6.45, 7) is 0. The molecule has 2 aromatic carbocycles. The second-order valence-corrected chi connectivity index (χ2v) is 5.47. The first-order valence-corrected chi connectivity index (χ1v) is 7.30. The molecule has 0 atom stereocenters. The molecule has 108 valence electrons. The Kier molecular flexibility index (Phi) is 5.40. The quantitative estimate of drug-likeness (QED) is 0.855. The molecule has 0 aliphatic heterocycles. The fourth-order valence-corrected chi connectivity index (χ4v) is 2.63. The van der Waals surface area contributed by atoms with E-state index in [1.807, 2.05) is 54.6 Å². The largest absolute Gasteiger partial charge is 0.481 e. The number of carbonyl (C=O) groups is 2. The Morgan fingerprint density at radius 3 is 2.33 bits per heavy atom. The standard InChI is InChI=1S/C16H15NO3S/c18-15(10-11-16(19)20)17-13-8-4-5-9-14(13)21-12-6-2-1-3-7-12/h1-9H,10-11H2,(H,17,18)(H,19,20). The van der Waals surface area contributed by atoms with Gasteiger partial charge < -0.3 is 10.4 Å². The Morgan fingerprint density at radius 2 is 1.62 bits per heavy atom. The second kappa shape index (κ2) is 7.50. The lowest BCUT2D eigenvalue weighted by Gasteiger charge is -2.10. The maximum Gasteiger partial charge on any atom is 0.303 e. The molecule has 0 heterocycles. The van der Waals surface area contributed by atoms with Crippen LogP contribution in [-0.2, 0) is 9.59 Å². The van der Waals surface area contributed by atoms with Crippen LogP contribution < -0.4 is 5.32 Å². The van der Waals surface area contributed by atoms with Crippen molar-refractivity contribution in [3.05, 3.63) is 54.6 Å². The average molecular weight is 301 g/mol. The van der Waals surface area contributed by atoms with E-state index in [9.17, 15) is 9.59 Å². The van der Waals surface area contributed by atoms with E-state index in [2.05, 4.69) is 5.32 Å². The maximum absolute atomic E-state index is 11.7. The van der Waals surface area contributed by atoms with Gasteiger partial charge in [0.1, 0.15) is 0 Å². The van der Waals surface area contributed by atoms with E-state index >= 15 is 0 Å². The van der Waals surface area contributed by atoms with Crippen molar-refractivity contribution >= 4 is 29.3 Å². The minimum Gasteiger partial charge on any atom is -0.481 e. The smallest absolute Gasteiger partial charge is 0.303 e. The van der Waals surface area contributed by atoms with Crippen molar-refractivity contribution in [3.8, 4) is 0 Å². The molecular weight excluding hydrogens is 286 g/mol. The number of hydrogen-bond acceptors (Lipinski definition) is 3. The monoisotopic (exact) mass is 301 g/mol. The summed E-state index contributed by atoms with van der Waals surface area (Å²) in [6, 6.07) is 17.3. The van der Waals surface area contributed by atoms with Gasteiger partial charge in [0.25, 0.3) is 0 Å². The molecule has 4 nitrogen and oxygen atoms in total. The Bertz CT molecular complexity index is 628. The van der Waals surface area contributed by atoms with Crippen LogP contribution in [0.15, 0.2) is 64.4 Å². The minimum atomic E-state index is -0.975. The lowest BCUT2D eigenvalue weighted by atomic mass is 10.2. The van der Waals surface area contributed by atoms with Gasteiger partial charge in [0.15, 0.2) is 0 Å². The van der Waals surface area contributed by atoms with E-state index in [-0.39, 0.29) is 18.7 Å². The minimum absolute atomic E-state index is 0.0281. The highest BCUT2D eigenvalue weighted by Crippen LogP contribution is 2.33. The van der Waals surface area contributed by atoms with E-state index in [1.165, 1.54) is 0 Å². The molecule has 0 aliphatic carbocycles. The van der Waals surface area contributed by atoms with Gasteiger partial charge >= 0.3 is 5.97 Å². The lowest BCUT2D eigenvalue weighted by Crippen LogP contribution is -2.13. The topological polar surface area (TPSA) is 66.4 Å². The molecule has 21 heavy (non-hydrogen) atoms. The number of amides is 1. The highest BCUT2D eigenvalue weighted by Gasteiger charge is 2.09. The molecule has 0 bridgehead atoms. The first-order valence-electron chi connectivity index (χ1n) is 6.49. The van der Waals surface area contributed by atoms with E-state index < -0.39 is 5.97 Å². The van der Waals surface area contributed by atoms with Crippen LogP contribution in [0.5, 0.6) is 0 Å². The number of para-hydroxylation sites is 1. The number of aliphatic carboxylic acids is 1. The third kappa shape index (κ3) is 4.96. The highest BCUT2D eigenvalue weighted by molar-refractivity contribution is 7.99. The van der Waals surface area contributed by atoms with Gasteiger partial charge in [0, 0.05) is 16.2 Å². The van der Waals surface area contributed by atoms with Gasteiger partial charge in [-0.25, -0.2) is 0 Å². The van der Waals surface area contributed by atoms with Crippen LogP contribution in [0.1, 0.15) is 12.8 Å². The number of nitrogens with one attached hydrogen (secondary N) is 1. The van der Waals surface area contributed by atoms with Crippen LogP contribution >= 0.6 is 11.8 Å². The van der Waals surface area contributed by atoms with Crippen molar-refractivity contribution < 1.29 is 14.7 Å². The lowest BCUT2D eigenvalue weighted by molar-refractivity contribution is -0.138. The molecule has 1 amide bonds. The van der Waals surface area contributed by atoms with Crippen molar-refractivity contribution in [2.45, 2.75) is 22.6 Å². The number of hydrogen-bond donors (Lipinski definition) is 2. The van der Waals surface area contributed by atoms with Gasteiger partial charge in [-0.15, -0.1) is 0 Å². The number of rotatable bonds is 6. The van der Waals surface area contributed by atoms with E-state index in [1.54, 1.807) is 11.8 Å². The summed E-state index contributed by atoms with van der Waals surface area (Å²) in [5.74, 6) is -1.27. The molecule has 0 unspecified atom stereocenters. The Morgan fingerprint density at radius 1 is 0.952 bits per heavy atom. The van der Waals surface area contributed by atoms with Crippen molar-refractivity contribution in [1.82, 2.24) is 0 Å². The molecule has 2 N–H and O–H groups in total. The molecule has 0 fully saturated rings. The van der Waals surface area contributed by atoms with Gasteiger partial charge in [-0.3, -0.25) is 9.59 Å². The molecule has 0 aromatic heterocycles. The van der Waals surface area contributed by atoms with E-state index in [0.29, 0.717) is 5.69 Å². The zero-order chi connectivity index (χ0) is 15.1. The molecule has 0 aliphatic rings. The Hall–Kier alpha value is -2.27. The number of carbonyl (C=O) groups excluding carboxylic acids is 1. The average Bonchev–Trinajstić information content (AvgIpc) is 2.48. The maximum atomic E-state index is 11.7. The van der Waals surface area contributed by atoms with Gasteiger partial charge in [-0.2, -0.15) is 0 Å². The Balaban J connectivity index is 2.06. The summed E-state index contributed by atoms with van der Waals surface area (Å²) in [6.07, 6.45) is -0.195. The van der Waals surface area contributed by atoms with Crippen LogP contribution in [0.4, 0.5) is 5.69 Å². The summed E-state index contributed by atoms with van der Waals surface area (Å²) in [5, 5.41) is 11.4. The van der Waals surface area contributed by atoms with Crippen molar-refractivity contribution in [2.24, 2.45) is 0 Å². The van der Waals surface area contributed by atoms with Crippen LogP contribution in [-0.4, -0.2) is 17.0 Å². The molecule has 0 radical (unpaired) electrons. The molecular formula is C16H15NO3S. The fraction of sp³-hybridized carbons (Fsp3) is 0.125. The highest BCUT2D eigenvalue weighted by atomic mass is 32.2. The van der Waals surface area contributed by atoms with Crippen molar-refractivity contribution in [2.75, 3.05) is 5.32 Å². The summed E-state index contributed by atoms with van der Waals surface area (Å²) in [5.41, 5.74) is 0.696. The SMILES string of the molecule is O=C(O)CCC(=O)Nc1ccccc1Sc1ccccc1. The van der Waals surface area contributed by atoms with Gasteiger partial charge in [0.2, 0.25) is 5.91 Å². The third-order valence-electron chi connectivity index (χ3n) is 2.70. The van der Waals surface area contributed by atoms with Gasteiger partial charge in [-0.1, -0.05) is 42.1 Å². The van der Waals surface area contributed by atoms with Crippen LogP contribution in [0, 0.1) is 0 Å². The molecule has 0 saturated heterocycles. The van der Waals surface area contributed by atoms with Crippen molar-refractivity contribution in [3.63, 3.8) is 0 Å². The Labute approximate surface area is 127 Å². The number of carboxylic acid groups (broad SMARTS) is 1. The van der Waals surface area contributed by atoms with Gasteiger partial charge in [-0.05, 0) is 24.3 Å². The van der Waals surface area contributed by atoms with Gasteiger partial charge in [0.05, 0.1) is 12.1 Å². The first kappa shape index (κ1) is 15.1. The fourth-order valence-electron chi connectivity index (χ4n) is 1.71. The molecule has 2 aromatic rings. The third-order valence-corrected chi connectivity index (χ3v) is 3.78. The molecule has 0 saturated carbocycles. The summed E-state index contributed by atoms with van der Waals surface area (Å²) >= 11 is 1.55. The predicted octanol–water partition coefficient (Wildman–Crippen LogP) is 3.64. The number of anilines is 1. The van der Waals surface area contributed by atoms with E-state index in [0.717, 1.165) is 9.79 Å². The molecule has 2 rings (SSSR count). The molecule has 0 spiro atoms. The molecule has 5 heteroatoms. The summed E-state index contributed by atoms with van der Waals surface area (Å²) < 4.78 is 0. The zero-order valence-corrected chi connectivity index (χ0v) is 12.1. The van der Waals surface area contributed by atoms with Crippen LogP contribution in [0.3, 0.4) is 0 Å². The predicted molar refractivity (Wildman–Crippen MR) is 82.5 cm³/mol. The second-order valence-electron chi connectivity index (χ2n) is 4.35.